The van der Waals surface area contributed by atoms with E-state index in [2.05, 4.69) is 46.0 Å². The number of nitrogens with zero attached hydrogens (tertiary/aromatic N) is 6. The number of hydrogen-bond donors (Lipinski definition) is 6. The normalized spacial score (nSPS) is 14.2. The zero-order chi connectivity index (χ0) is 56.3. The minimum Gasteiger partial charge on any atom is -0.399 e. The highest BCUT2D eigenvalue weighted by Gasteiger charge is 2.36. The smallest absolute Gasteiger partial charge is 0.276 e. The first-order valence-electron chi connectivity index (χ1n) is 25.5. The molecule has 19 heteroatoms. The number of aryl methyl sites for hydroxylation is 2. The number of nitrogens with two attached hydrogens (primary N) is 1. The third kappa shape index (κ3) is 13.7. The van der Waals surface area contributed by atoms with E-state index in [0.717, 1.165) is 50.8 Å². The predicted octanol–water partition coefficient (Wildman–Crippen LogP) is 9.80. The van der Waals surface area contributed by atoms with Crippen LogP contribution in [0.1, 0.15) is 112 Å². The van der Waals surface area contributed by atoms with E-state index in [1.807, 2.05) is 121 Å². The Hall–Kier alpha value is -9.55. The second-order valence-corrected chi connectivity index (χ2v) is 19.7. The number of carbonyl (C=O) groups excluding carboxylic acids is 6. The van der Waals surface area contributed by atoms with Crippen molar-refractivity contribution >= 4 is 69.1 Å². The van der Waals surface area contributed by atoms with Crippen molar-refractivity contribution in [2.45, 2.75) is 65.7 Å². The first-order valence-corrected chi connectivity index (χ1v) is 25.8. The summed E-state index contributed by atoms with van der Waals surface area (Å²) in [5, 5.41) is 17.7. The number of rotatable bonds is 13. The Morgan fingerprint density at radius 2 is 1.04 bits per heavy atom. The highest BCUT2D eigenvalue weighted by atomic mass is 35.5. The van der Waals surface area contributed by atoms with Gasteiger partial charge in [-0.2, -0.15) is 10.2 Å². The lowest BCUT2D eigenvalue weighted by Crippen LogP contribution is -2.38. The van der Waals surface area contributed by atoms with Gasteiger partial charge in [0.15, 0.2) is 11.4 Å². The van der Waals surface area contributed by atoms with Gasteiger partial charge in [-0.25, -0.2) is 0 Å². The Balaban J connectivity index is 0.000000193. The number of hydrogen-bond acceptors (Lipinski definition) is 9. The number of nitrogens with one attached hydrogen (secondary N) is 5. The van der Waals surface area contributed by atoms with Gasteiger partial charge < -0.3 is 41.5 Å². The van der Waals surface area contributed by atoms with Crippen molar-refractivity contribution in [2.24, 2.45) is 0 Å². The van der Waals surface area contributed by atoms with Crippen molar-refractivity contribution < 1.29 is 28.8 Å². The molecular weight excluding hydrogens is 1020 g/mol. The van der Waals surface area contributed by atoms with Gasteiger partial charge in [-0.05, 0) is 133 Å². The third-order valence-electron chi connectivity index (χ3n) is 13.2. The van der Waals surface area contributed by atoms with Crippen molar-refractivity contribution in [3.63, 3.8) is 0 Å². The zero-order valence-corrected chi connectivity index (χ0v) is 45.0. The monoisotopic (exact) mass is 1080 g/mol. The molecule has 0 spiro atoms. The first kappa shape index (κ1) is 55.7. The van der Waals surface area contributed by atoms with Crippen LogP contribution in [-0.4, -0.2) is 87.2 Å². The van der Waals surface area contributed by atoms with Crippen LogP contribution >= 0.6 is 11.6 Å². The molecule has 4 aromatic carbocycles. The molecule has 8 aromatic rings. The minimum absolute atomic E-state index is 0.00765. The predicted molar refractivity (Wildman–Crippen MR) is 306 cm³/mol. The number of benzene rings is 4. The Labute approximate surface area is 462 Å². The summed E-state index contributed by atoms with van der Waals surface area (Å²) >= 11 is 4.71. The molecule has 2 unspecified atom stereocenters. The maximum atomic E-state index is 13.5. The summed E-state index contributed by atoms with van der Waals surface area (Å²) < 4.78 is 3.73. The van der Waals surface area contributed by atoms with Crippen molar-refractivity contribution in [1.29, 1.82) is 0 Å². The van der Waals surface area contributed by atoms with Crippen LogP contribution in [0.25, 0.3) is 0 Å². The van der Waals surface area contributed by atoms with Crippen LogP contribution < -0.4 is 21.7 Å². The molecule has 0 saturated carbocycles. The number of carbonyl (C=O) groups is 6. The van der Waals surface area contributed by atoms with E-state index in [0.29, 0.717) is 78.2 Å². The summed E-state index contributed by atoms with van der Waals surface area (Å²) in [6, 6.07) is 37.4. The molecule has 0 radical (unpaired) electrons. The maximum absolute atomic E-state index is 13.5. The summed E-state index contributed by atoms with van der Waals surface area (Å²) in [6.07, 6.45) is 5.71. The van der Waals surface area contributed by atoms with Crippen molar-refractivity contribution in [3.8, 4) is 0 Å². The lowest BCUT2D eigenvalue weighted by atomic mass is 9.95. The van der Waals surface area contributed by atoms with Crippen molar-refractivity contribution in [1.82, 2.24) is 39.3 Å². The molecule has 0 saturated heterocycles. The standard InChI is InChI=1S/C30H30N6O3.C27H28N6O2.C3H3ClO/c1-4-26(37)32-23-11-6-9-21(15-23)17-36-28-20(3)16-35(30(39)25-12-7-13-31-25)18-24(28)27(34-36)29(38)33-22-10-5-8-19(2)14-22;1-17-6-3-9-21(12-17)30-26(34)24-22-16-32(27(35)23-10-5-11-29-23)14-18(2)25(22)33(31-24)15-19-7-4-8-20(28)13-19;1-2-3(4)5/h4-15,20,31H,1,16-18H2,2-3H3,(H,32,37)(H,33,38);3-13,18,29H,14-16,28H2,1-2H3,(H,30,34);2H,1H2. The van der Waals surface area contributed by atoms with Gasteiger partial charge in [0.2, 0.25) is 11.1 Å². The number of H-pyrrole nitrogens is 2. The number of amides is 5. The van der Waals surface area contributed by atoms with Crippen LogP contribution in [0, 0.1) is 13.8 Å². The molecule has 2 aliphatic heterocycles. The SMILES string of the molecule is C=CC(=O)Cl.C=CC(=O)Nc1cccc(Cn2nc(C(=O)Nc3cccc(C)c3)c3c2C(C)CN(C(=O)c2ccc[nH]2)C3)c1.Cc1cccc(NC(=O)c2nn(Cc3cccc(N)c3)c3c2CN(C(=O)c2ccc[nH]2)CC3C)c1. The molecule has 5 amide bonds. The number of fused-ring (bicyclic) bond motifs is 2. The maximum Gasteiger partial charge on any atom is 0.276 e. The van der Waals surface area contributed by atoms with Gasteiger partial charge in [-0.15, -0.1) is 0 Å². The summed E-state index contributed by atoms with van der Waals surface area (Å²) in [4.78, 5) is 84.0. The van der Waals surface area contributed by atoms with Crippen molar-refractivity contribution in [2.75, 3.05) is 34.8 Å². The Bertz CT molecular complexity index is 3560. The number of nitrogen functional groups attached to an aromatic ring is 1. The van der Waals surface area contributed by atoms with Crippen LogP contribution in [0.5, 0.6) is 0 Å². The average molecular weight is 1080 g/mol. The van der Waals surface area contributed by atoms with E-state index >= 15 is 0 Å². The molecule has 0 aliphatic carbocycles. The molecule has 79 heavy (non-hydrogen) atoms. The van der Waals surface area contributed by atoms with Crippen LogP contribution in [0.15, 0.2) is 159 Å². The molecule has 0 bridgehead atoms. The van der Waals surface area contributed by atoms with Gasteiger partial charge in [0.05, 0.1) is 26.2 Å². The minimum atomic E-state index is -0.509. The van der Waals surface area contributed by atoms with Crippen molar-refractivity contribution in [3.05, 3.63) is 227 Å². The average Bonchev–Trinajstić information content (AvgIpc) is 4.39. The Morgan fingerprint density at radius 3 is 1.44 bits per heavy atom. The van der Waals surface area contributed by atoms with E-state index in [1.165, 1.54) is 6.08 Å². The topological polar surface area (TPSA) is 238 Å². The van der Waals surface area contributed by atoms with Gasteiger partial charge in [-0.1, -0.05) is 75.5 Å². The lowest BCUT2D eigenvalue weighted by Gasteiger charge is -2.32. The lowest BCUT2D eigenvalue weighted by molar-refractivity contribution is -0.112. The first-order chi connectivity index (χ1) is 38.0. The number of aromatic nitrogens is 6. The van der Waals surface area contributed by atoms with E-state index in [9.17, 15) is 28.8 Å². The molecule has 4 aromatic heterocycles. The summed E-state index contributed by atoms with van der Waals surface area (Å²) in [6.45, 7) is 17.1. The van der Waals surface area contributed by atoms with Crippen LogP contribution in [0.3, 0.4) is 0 Å². The van der Waals surface area contributed by atoms with Gasteiger partial charge in [0.1, 0.15) is 11.4 Å². The van der Waals surface area contributed by atoms with E-state index in [-0.39, 0.29) is 47.9 Å². The molecule has 7 N–H and O–H groups in total. The van der Waals surface area contributed by atoms with Gasteiger partial charge >= 0.3 is 0 Å². The molecule has 6 heterocycles. The largest absolute Gasteiger partial charge is 0.399 e. The molecule has 18 nitrogen and oxygen atoms in total. The number of halogens is 1. The number of aromatic amines is 2. The number of allylic oxidation sites excluding steroid dienone is 1. The fourth-order valence-corrected chi connectivity index (χ4v) is 9.77. The highest BCUT2D eigenvalue weighted by molar-refractivity contribution is 6.66. The summed E-state index contributed by atoms with van der Waals surface area (Å²) in [5.74, 6) is -1.21. The molecule has 404 valence electrons. The molecule has 2 aliphatic rings. The van der Waals surface area contributed by atoms with Gasteiger partial charge in [0.25, 0.3) is 23.6 Å². The van der Waals surface area contributed by atoms with E-state index in [1.54, 1.807) is 52.5 Å². The van der Waals surface area contributed by atoms with E-state index < -0.39 is 5.24 Å². The summed E-state index contributed by atoms with van der Waals surface area (Å²) in [7, 11) is 0. The van der Waals surface area contributed by atoms with Gasteiger partial charge in [-0.3, -0.25) is 38.1 Å². The van der Waals surface area contributed by atoms with E-state index in [4.69, 9.17) is 27.5 Å². The Kier molecular flexibility index (Phi) is 17.7. The zero-order valence-electron chi connectivity index (χ0n) is 44.3. The molecule has 2 atom stereocenters. The molecule has 10 rings (SSSR count). The quantitative estimate of drug-likeness (QED) is 0.0365. The third-order valence-corrected chi connectivity index (χ3v) is 13.3. The van der Waals surface area contributed by atoms with Crippen LogP contribution in [-0.2, 0) is 35.8 Å². The molecular formula is C60H61ClN12O6. The number of anilines is 4. The summed E-state index contributed by atoms with van der Waals surface area (Å²) in [5.41, 5.74) is 17.7. The fourth-order valence-electron chi connectivity index (χ4n) is 9.77. The van der Waals surface area contributed by atoms with Gasteiger partial charge in [0, 0.05) is 82.6 Å². The molecule has 0 fully saturated rings. The second kappa shape index (κ2) is 25.1. The van der Waals surface area contributed by atoms with Crippen LogP contribution in [0.2, 0.25) is 0 Å². The Morgan fingerprint density at radius 1 is 0.608 bits per heavy atom. The fraction of sp³-hybridized carbons (Fsp3) is 0.200. The highest BCUT2D eigenvalue weighted by Crippen LogP contribution is 2.34. The van der Waals surface area contributed by atoms with Crippen LogP contribution in [0.4, 0.5) is 22.7 Å². The second-order valence-electron chi connectivity index (χ2n) is 19.4.